The number of esters is 1. The lowest BCUT2D eigenvalue weighted by Crippen LogP contribution is -2.29. The second kappa shape index (κ2) is 16.4. The molecule has 0 atom stereocenters. The molecular weight excluding hydrogens is 640 g/mol. The van der Waals surface area contributed by atoms with Crippen molar-refractivity contribution in [2.45, 2.75) is 79.1 Å². The first kappa shape index (κ1) is 35.3. The van der Waals surface area contributed by atoms with Gasteiger partial charge in [-0.3, -0.25) is 26.5 Å². The fourth-order valence-electron chi connectivity index (χ4n) is 5.81. The number of rotatable bonds is 12. The molecule has 0 aromatic heterocycles. The van der Waals surface area contributed by atoms with E-state index in [1.165, 1.54) is 25.7 Å². The molecule has 0 bridgehead atoms. The number of benzene rings is 4. The van der Waals surface area contributed by atoms with Crippen molar-refractivity contribution in [1.82, 2.24) is 0 Å². The number of nitrogens with zero attached hydrogens (tertiary/aromatic N) is 2. The minimum absolute atomic E-state index is 0.174. The van der Waals surface area contributed by atoms with Gasteiger partial charge in [0.15, 0.2) is 0 Å². The minimum Gasteiger partial charge on any atom is -0.505 e. The second-order valence-corrected chi connectivity index (χ2v) is 13.0. The average Bonchev–Trinajstić information content (AvgIpc) is 3.71. The monoisotopic (exact) mass is 686 g/mol. The van der Waals surface area contributed by atoms with Crippen LogP contribution in [0.5, 0.6) is 11.5 Å². The molecule has 6 N–H and O–H groups in total. The van der Waals surface area contributed by atoms with Crippen molar-refractivity contribution in [3.05, 3.63) is 94.0 Å². The number of anilines is 6. The molecule has 0 saturated carbocycles. The van der Waals surface area contributed by atoms with Crippen molar-refractivity contribution in [2.24, 2.45) is 0 Å². The number of nitrogens with one attached hydrogen (secondary N) is 4. The van der Waals surface area contributed by atoms with Crippen LogP contribution in [-0.4, -0.2) is 22.8 Å². The van der Waals surface area contributed by atoms with E-state index in [9.17, 15) is 15.0 Å². The number of ether oxygens (including phenoxy) is 1. The number of unbranched alkanes of at least 4 members (excludes halogenated alkanes) is 5. The van der Waals surface area contributed by atoms with Crippen molar-refractivity contribution in [3.63, 3.8) is 0 Å². The van der Waals surface area contributed by atoms with Crippen LogP contribution in [0, 0.1) is 20.8 Å². The number of carbonyl (C=O) groups is 1. The number of fused-ring (bicyclic) bond motifs is 2. The fourth-order valence-corrected chi connectivity index (χ4v) is 5.98. The summed E-state index contributed by atoms with van der Waals surface area (Å²) in [4.78, 5) is 12.1. The predicted octanol–water partition coefficient (Wildman–Crippen LogP) is 9.55. The molecule has 6 rings (SSSR count). The maximum atomic E-state index is 12.1. The molecule has 11 heteroatoms. The third-order valence-electron chi connectivity index (χ3n) is 8.46. The Hall–Kier alpha value is -4.96. The van der Waals surface area contributed by atoms with Gasteiger partial charge < -0.3 is 14.9 Å². The normalized spacial score (nSPS) is 12.5. The summed E-state index contributed by atoms with van der Waals surface area (Å²) >= 11 is 6.06. The van der Waals surface area contributed by atoms with E-state index in [0.29, 0.717) is 30.2 Å². The number of hydrazine groups is 4. The summed E-state index contributed by atoms with van der Waals surface area (Å²) in [5, 5.41) is 24.7. The molecule has 260 valence electrons. The zero-order valence-electron chi connectivity index (χ0n) is 28.7. The largest absolute Gasteiger partial charge is 0.505 e. The fraction of sp³-hybridized carbons (Fsp3) is 0.342. The van der Waals surface area contributed by atoms with Crippen molar-refractivity contribution in [3.8, 4) is 11.5 Å². The van der Waals surface area contributed by atoms with Crippen molar-refractivity contribution >= 4 is 51.7 Å². The van der Waals surface area contributed by atoms with Crippen LogP contribution in [0.4, 0.5) is 34.1 Å². The molecule has 0 aliphatic carbocycles. The van der Waals surface area contributed by atoms with Gasteiger partial charge in [-0.15, -0.1) is 0 Å². The highest BCUT2D eigenvalue weighted by Crippen LogP contribution is 2.39. The van der Waals surface area contributed by atoms with Crippen LogP contribution < -0.4 is 31.9 Å². The van der Waals surface area contributed by atoms with E-state index in [-0.39, 0.29) is 17.5 Å². The van der Waals surface area contributed by atoms with Crippen LogP contribution in [0.3, 0.4) is 0 Å². The molecule has 2 aliphatic heterocycles. The number of para-hydroxylation sites is 2. The standard InChI is InChI=1S/C24H32ClN3O3.C14H15N3O/c1-3-4-5-6-7-8-13-31-23(29)12-9-18-14-17(2)24(30)22(15-18)28-26-20-11-10-19(25)16-21(20)27-28;1-9-7-10(2)14(18)13(8-9)17-15-11-5-3-4-6-12(11)16-17/h10-11,14-16,26-27,30H,3-9,12-13H2,1-2H3;3-8,15-16,18H,1-2H3. The Morgan fingerprint density at radius 2 is 1.29 bits per heavy atom. The molecule has 0 amide bonds. The lowest BCUT2D eigenvalue weighted by molar-refractivity contribution is -0.143. The van der Waals surface area contributed by atoms with E-state index in [1.807, 2.05) is 81.4 Å². The van der Waals surface area contributed by atoms with E-state index in [0.717, 1.165) is 63.5 Å². The molecule has 0 saturated heterocycles. The van der Waals surface area contributed by atoms with E-state index >= 15 is 0 Å². The van der Waals surface area contributed by atoms with Gasteiger partial charge in [-0.25, -0.2) is 0 Å². The van der Waals surface area contributed by atoms with Crippen LogP contribution in [0.15, 0.2) is 66.7 Å². The van der Waals surface area contributed by atoms with Crippen LogP contribution in [0.2, 0.25) is 5.02 Å². The smallest absolute Gasteiger partial charge is 0.306 e. The highest BCUT2D eigenvalue weighted by Gasteiger charge is 2.23. The number of aryl methyl sites for hydroxylation is 4. The molecule has 2 heterocycles. The molecule has 0 unspecified atom stereocenters. The Kier molecular flexibility index (Phi) is 11.9. The number of hydrogen-bond acceptors (Lipinski definition) is 10. The highest BCUT2D eigenvalue weighted by atomic mass is 35.5. The SMILES string of the molecule is CCCCCCCCOC(=O)CCc1cc(C)c(O)c(N2Nc3ccc(Cl)cc3N2)c1.Cc1cc(C)c(O)c(N2Nc3ccccc3N2)c1. The highest BCUT2D eigenvalue weighted by molar-refractivity contribution is 6.31. The van der Waals surface area contributed by atoms with Gasteiger partial charge >= 0.3 is 5.97 Å². The third-order valence-corrected chi connectivity index (χ3v) is 8.70. The molecule has 0 spiro atoms. The van der Waals surface area contributed by atoms with Crippen LogP contribution in [0.1, 0.15) is 74.1 Å². The van der Waals surface area contributed by atoms with Gasteiger partial charge in [-0.05, 0) is 98.3 Å². The molecular formula is C38H47ClN6O4. The topological polar surface area (TPSA) is 121 Å². The zero-order chi connectivity index (χ0) is 34.9. The number of aromatic hydroxyl groups is 2. The van der Waals surface area contributed by atoms with Gasteiger partial charge in [0.2, 0.25) is 0 Å². The summed E-state index contributed by atoms with van der Waals surface area (Å²) in [5.41, 5.74) is 21.5. The van der Waals surface area contributed by atoms with Gasteiger partial charge in [-0.1, -0.05) is 74.9 Å². The molecule has 0 radical (unpaired) electrons. The van der Waals surface area contributed by atoms with Gasteiger partial charge in [0.05, 0.1) is 29.4 Å². The Bertz CT molecular complexity index is 1740. The number of phenolic OH excluding ortho intramolecular Hbond substituents is 2. The molecule has 4 aromatic carbocycles. The molecule has 4 aromatic rings. The number of hydrogen-bond donors (Lipinski definition) is 6. The van der Waals surface area contributed by atoms with Gasteiger partial charge in [-0.2, -0.15) is 10.2 Å². The van der Waals surface area contributed by atoms with Gasteiger partial charge in [0.1, 0.15) is 22.9 Å². The number of carbonyl (C=O) groups excluding carboxylic acids is 1. The van der Waals surface area contributed by atoms with Gasteiger partial charge in [0.25, 0.3) is 0 Å². The first-order chi connectivity index (χ1) is 23.6. The summed E-state index contributed by atoms with van der Waals surface area (Å²) in [6.07, 6.45) is 7.87. The maximum Gasteiger partial charge on any atom is 0.306 e. The second-order valence-electron chi connectivity index (χ2n) is 12.6. The Morgan fingerprint density at radius 1 is 0.714 bits per heavy atom. The summed E-state index contributed by atoms with van der Waals surface area (Å²) in [5.74, 6) is 0.280. The van der Waals surface area contributed by atoms with E-state index in [2.05, 4.69) is 28.6 Å². The predicted molar refractivity (Wildman–Crippen MR) is 200 cm³/mol. The molecule has 0 fully saturated rings. The third kappa shape index (κ3) is 9.14. The van der Waals surface area contributed by atoms with Gasteiger partial charge in [0, 0.05) is 11.4 Å². The van der Waals surface area contributed by atoms with Crippen LogP contribution in [-0.2, 0) is 16.0 Å². The summed E-state index contributed by atoms with van der Waals surface area (Å²) < 4.78 is 5.37. The maximum absolute atomic E-state index is 12.1. The first-order valence-corrected chi connectivity index (χ1v) is 17.3. The number of phenols is 2. The van der Waals surface area contributed by atoms with Crippen molar-refractivity contribution in [2.75, 3.05) is 38.5 Å². The minimum atomic E-state index is -0.180. The molecule has 49 heavy (non-hydrogen) atoms. The zero-order valence-corrected chi connectivity index (χ0v) is 29.5. The quantitative estimate of drug-likeness (QED) is 0.0635. The summed E-state index contributed by atoms with van der Waals surface area (Å²) in [7, 11) is 0. The Morgan fingerprint density at radius 3 is 1.96 bits per heavy atom. The van der Waals surface area contributed by atoms with E-state index < -0.39 is 0 Å². The van der Waals surface area contributed by atoms with Crippen molar-refractivity contribution in [1.29, 1.82) is 0 Å². The first-order valence-electron chi connectivity index (χ1n) is 17.0. The lowest BCUT2D eigenvalue weighted by atomic mass is 10.0. The summed E-state index contributed by atoms with van der Waals surface area (Å²) in [6, 6.07) is 21.1. The van der Waals surface area contributed by atoms with E-state index in [4.69, 9.17) is 16.3 Å². The van der Waals surface area contributed by atoms with E-state index in [1.54, 1.807) is 16.3 Å². The lowest BCUT2D eigenvalue weighted by Gasteiger charge is -2.22. The Balaban J connectivity index is 0.000000219. The average molecular weight is 687 g/mol. The number of halogens is 1. The summed E-state index contributed by atoms with van der Waals surface area (Å²) in [6.45, 7) is 8.45. The molecule has 2 aliphatic rings. The molecule has 10 nitrogen and oxygen atoms in total. The van der Waals surface area contributed by atoms with Crippen molar-refractivity contribution < 1.29 is 19.7 Å². The Labute approximate surface area is 293 Å². The van der Waals surface area contributed by atoms with Crippen LogP contribution >= 0.6 is 11.6 Å². The van der Waals surface area contributed by atoms with Crippen LogP contribution in [0.25, 0.3) is 0 Å².